The number of aromatic hydroxyl groups is 1. The van der Waals surface area contributed by atoms with Gasteiger partial charge in [-0.2, -0.15) is 5.26 Å². The molecular formula is C22H19N3O4. The molecule has 0 spiro atoms. The van der Waals surface area contributed by atoms with Crippen LogP contribution in [0.2, 0.25) is 0 Å². The van der Waals surface area contributed by atoms with Crippen LogP contribution in [0.1, 0.15) is 18.1 Å². The van der Waals surface area contributed by atoms with Gasteiger partial charge in [0.25, 0.3) is 5.91 Å². The van der Waals surface area contributed by atoms with E-state index in [9.17, 15) is 20.0 Å². The fourth-order valence-corrected chi connectivity index (χ4v) is 3.00. The van der Waals surface area contributed by atoms with E-state index in [1.807, 2.05) is 18.2 Å². The summed E-state index contributed by atoms with van der Waals surface area (Å²) in [5, 5.41) is 25.9. The van der Waals surface area contributed by atoms with Gasteiger partial charge in [-0.25, -0.2) is 4.79 Å². The predicted octanol–water partition coefficient (Wildman–Crippen LogP) is 3.01. The van der Waals surface area contributed by atoms with Gasteiger partial charge in [-0.05, 0) is 25.1 Å². The number of nitrogens with zero attached hydrogens (tertiary/aromatic N) is 1. The summed E-state index contributed by atoms with van der Waals surface area (Å²) in [6.07, 6.45) is 0. The van der Waals surface area contributed by atoms with Crippen LogP contribution in [0, 0.1) is 11.3 Å². The molecule has 0 aromatic heterocycles. The monoisotopic (exact) mass is 389 g/mol. The van der Waals surface area contributed by atoms with Gasteiger partial charge in [-0.1, -0.05) is 30.8 Å². The topological polar surface area (TPSA) is 111 Å². The lowest BCUT2D eigenvalue weighted by Crippen LogP contribution is -2.30. The summed E-state index contributed by atoms with van der Waals surface area (Å²) in [6.45, 7) is 4.99. The van der Waals surface area contributed by atoms with Crippen molar-refractivity contribution in [3.05, 3.63) is 71.3 Å². The summed E-state index contributed by atoms with van der Waals surface area (Å²) in [4.78, 5) is 24.1. The lowest BCUT2D eigenvalue weighted by molar-refractivity contribution is -0.139. The highest BCUT2D eigenvalue weighted by Gasteiger charge is 2.28. The number of phenols is 1. The summed E-state index contributed by atoms with van der Waals surface area (Å²) in [6, 6.07) is 14.1. The van der Waals surface area contributed by atoms with Crippen molar-refractivity contribution in [2.24, 2.45) is 0 Å². The number of nitriles is 1. The average molecular weight is 389 g/mol. The van der Waals surface area contributed by atoms with Crippen molar-refractivity contribution in [3.8, 4) is 11.8 Å². The van der Waals surface area contributed by atoms with Gasteiger partial charge < -0.3 is 20.5 Å². The molecule has 0 aliphatic carbocycles. The Bertz CT molecular complexity index is 1080. The molecule has 0 saturated heterocycles. The Morgan fingerprint density at radius 3 is 2.66 bits per heavy atom. The first-order valence-corrected chi connectivity index (χ1v) is 8.88. The van der Waals surface area contributed by atoms with Crippen LogP contribution < -0.4 is 10.6 Å². The number of carbonyl (C=O) groups excluding carboxylic acids is 2. The largest absolute Gasteiger partial charge is 0.507 e. The van der Waals surface area contributed by atoms with Crippen molar-refractivity contribution >= 4 is 28.8 Å². The van der Waals surface area contributed by atoms with Gasteiger partial charge >= 0.3 is 5.97 Å². The molecule has 0 atom stereocenters. The van der Waals surface area contributed by atoms with E-state index in [4.69, 9.17) is 4.74 Å². The van der Waals surface area contributed by atoms with E-state index in [0.717, 1.165) is 5.69 Å². The summed E-state index contributed by atoms with van der Waals surface area (Å²) < 4.78 is 4.94. The van der Waals surface area contributed by atoms with E-state index in [1.54, 1.807) is 24.3 Å². The third-order valence-electron chi connectivity index (χ3n) is 4.32. The number of phenolic OH excluding ortho intramolecular Hbond substituents is 1. The van der Waals surface area contributed by atoms with Crippen LogP contribution in [0.15, 0.2) is 60.2 Å². The third kappa shape index (κ3) is 3.96. The number of rotatable bonds is 5. The standard InChI is InChI=1S/C22H19N3O4/c1-13(2)22(28)29-11-10-24-21(27)15(12-23)19-14-6-3-4-7-16(14)25-17-8-5-9-18(26)20(17)19/h3-9,25-26H,1,10-11H2,2H3,(H,24,27)/b19-15+. The maximum Gasteiger partial charge on any atom is 0.333 e. The first-order valence-electron chi connectivity index (χ1n) is 8.88. The Morgan fingerprint density at radius 2 is 1.93 bits per heavy atom. The van der Waals surface area contributed by atoms with Crippen molar-refractivity contribution in [3.63, 3.8) is 0 Å². The molecule has 0 unspecified atom stereocenters. The van der Waals surface area contributed by atoms with E-state index in [0.29, 0.717) is 22.4 Å². The molecule has 7 nitrogen and oxygen atoms in total. The highest BCUT2D eigenvalue weighted by molar-refractivity contribution is 6.12. The number of fused-ring (bicyclic) bond motifs is 2. The van der Waals surface area contributed by atoms with Crippen LogP contribution in [0.3, 0.4) is 0 Å². The minimum absolute atomic E-state index is 0.0316. The fraction of sp³-hybridized carbons (Fsp3) is 0.136. The number of hydrogen-bond donors (Lipinski definition) is 3. The molecule has 3 rings (SSSR count). The van der Waals surface area contributed by atoms with Crippen molar-refractivity contribution in [2.45, 2.75) is 6.92 Å². The molecule has 0 fully saturated rings. The lowest BCUT2D eigenvalue weighted by Gasteiger charge is -2.25. The fourth-order valence-electron chi connectivity index (χ4n) is 3.00. The molecule has 29 heavy (non-hydrogen) atoms. The second kappa shape index (κ2) is 8.31. The molecule has 146 valence electrons. The minimum atomic E-state index is -0.625. The quantitative estimate of drug-likeness (QED) is 0.268. The SMILES string of the molecule is C=C(C)C(=O)OCCNC(=O)/C(C#N)=C1\c2ccccc2Nc2cccc(O)c21. The van der Waals surface area contributed by atoms with Crippen LogP contribution in [0.25, 0.3) is 5.57 Å². The van der Waals surface area contributed by atoms with Crippen LogP contribution in [0.5, 0.6) is 5.75 Å². The normalized spacial score (nSPS) is 13.1. The highest BCUT2D eigenvalue weighted by Crippen LogP contribution is 2.45. The molecule has 0 radical (unpaired) electrons. The second-order valence-electron chi connectivity index (χ2n) is 6.40. The van der Waals surface area contributed by atoms with E-state index in [2.05, 4.69) is 17.2 Å². The van der Waals surface area contributed by atoms with E-state index in [-0.39, 0.29) is 30.0 Å². The zero-order valence-electron chi connectivity index (χ0n) is 15.8. The Kier molecular flexibility index (Phi) is 5.65. The molecule has 1 aliphatic heterocycles. The second-order valence-corrected chi connectivity index (χ2v) is 6.40. The molecule has 2 aromatic rings. The van der Waals surface area contributed by atoms with Gasteiger partial charge in [0.05, 0.1) is 12.2 Å². The van der Waals surface area contributed by atoms with Crippen molar-refractivity contribution in [1.82, 2.24) is 5.32 Å². The van der Waals surface area contributed by atoms with Crippen molar-refractivity contribution in [2.75, 3.05) is 18.5 Å². The Hall–Kier alpha value is -4.05. The number of esters is 1. The summed E-state index contributed by atoms with van der Waals surface area (Å²) >= 11 is 0. The number of carbonyl (C=O) groups is 2. The lowest BCUT2D eigenvalue weighted by atomic mass is 9.87. The van der Waals surface area contributed by atoms with Crippen LogP contribution in [-0.4, -0.2) is 30.1 Å². The van der Waals surface area contributed by atoms with Gasteiger partial charge in [0.1, 0.15) is 24.0 Å². The number of para-hydroxylation sites is 1. The van der Waals surface area contributed by atoms with Gasteiger partial charge in [0, 0.05) is 28.0 Å². The molecule has 1 aliphatic rings. The van der Waals surface area contributed by atoms with Crippen LogP contribution in [0.4, 0.5) is 11.4 Å². The van der Waals surface area contributed by atoms with Gasteiger partial charge in [-0.3, -0.25) is 4.79 Å². The van der Waals surface area contributed by atoms with E-state index in [1.165, 1.54) is 13.0 Å². The molecule has 2 aromatic carbocycles. The molecule has 3 N–H and O–H groups in total. The molecule has 1 amide bonds. The van der Waals surface area contributed by atoms with E-state index >= 15 is 0 Å². The Balaban J connectivity index is 1.95. The zero-order valence-corrected chi connectivity index (χ0v) is 15.8. The highest BCUT2D eigenvalue weighted by atomic mass is 16.5. The first-order chi connectivity index (χ1) is 13.9. The van der Waals surface area contributed by atoms with Crippen molar-refractivity contribution in [1.29, 1.82) is 5.26 Å². The zero-order chi connectivity index (χ0) is 21.0. The maximum absolute atomic E-state index is 12.7. The molecule has 1 heterocycles. The van der Waals surface area contributed by atoms with Gasteiger partial charge in [-0.15, -0.1) is 0 Å². The molecular weight excluding hydrogens is 370 g/mol. The number of amides is 1. The molecule has 0 bridgehead atoms. The minimum Gasteiger partial charge on any atom is -0.507 e. The number of nitrogens with one attached hydrogen (secondary N) is 2. The van der Waals surface area contributed by atoms with Crippen molar-refractivity contribution < 1.29 is 19.4 Å². The van der Waals surface area contributed by atoms with Gasteiger partial charge in [0.15, 0.2) is 0 Å². The van der Waals surface area contributed by atoms with Crippen LogP contribution in [-0.2, 0) is 14.3 Å². The third-order valence-corrected chi connectivity index (χ3v) is 4.32. The number of benzene rings is 2. The molecule has 7 heteroatoms. The summed E-state index contributed by atoms with van der Waals surface area (Å²) in [5.74, 6) is -1.22. The summed E-state index contributed by atoms with van der Waals surface area (Å²) in [5.41, 5.74) is 2.77. The Morgan fingerprint density at radius 1 is 1.21 bits per heavy atom. The first kappa shape index (κ1) is 19.7. The number of anilines is 2. The van der Waals surface area contributed by atoms with E-state index < -0.39 is 11.9 Å². The summed E-state index contributed by atoms with van der Waals surface area (Å²) in [7, 11) is 0. The van der Waals surface area contributed by atoms with Gasteiger partial charge in [0.2, 0.25) is 0 Å². The smallest absolute Gasteiger partial charge is 0.333 e. The predicted molar refractivity (Wildman–Crippen MR) is 108 cm³/mol. The number of ether oxygens (including phenoxy) is 1. The maximum atomic E-state index is 12.7. The Labute approximate surface area is 167 Å². The molecule has 0 saturated carbocycles. The van der Waals surface area contributed by atoms with Crippen LogP contribution >= 0.6 is 0 Å². The number of hydrogen-bond acceptors (Lipinski definition) is 6. The average Bonchev–Trinajstić information content (AvgIpc) is 2.71.